The standard InChI is InChI=1S/C29H54O3S2/c1-4-29(3,28(31)32)21-8-7-14-25-16-10-18-27(34-25)20-11-19-26-17-9-15-24(33-26)13-6-5-12-23(2)22-30/h23-27,30H,4-22H2,1-3H3,(H,31,32). The Kier molecular flexibility index (Phi) is 15.0. The van der Waals surface area contributed by atoms with E-state index in [-0.39, 0.29) is 0 Å². The molecule has 0 aliphatic carbocycles. The first-order valence-electron chi connectivity index (χ1n) is 14.5. The largest absolute Gasteiger partial charge is 0.481 e. The van der Waals surface area contributed by atoms with Crippen LogP contribution in [0.25, 0.3) is 0 Å². The van der Waals surface area contributed by atoms with E-state index in [0.717, 1.165) is 40.3 Å². The third-order valence-corrected chi connectivity index (χ3v) is 11.9. The summed E-state index contributed by atoms with van der Waals surface area (Å²) in [4.78, 5) is 11.5. The average Bonchev–Trinajstić information content (AvgIpc) is 2.84. The van der Waals surface area contributed by atoms with Crippen molar-refractivity contribution in [3.05, 3.63) is 0 Å². The highest BCUT2D eigenvalue weighted by atomic mass is 32.2. The van der Waals surface area contributed by atoms with E-state index < -0.39 is 11.4 Å². The van der Waals surface area contributed by atoms with Crippen molar-refractivity contribution in [1.82, 2.24) is 0 Å². The highest BCUT2D eigenvalue weighted by molar-refractivity contribution is 8.00. The van der Waals surface area contributed by atoms with Crippen molar-refractivity contribution in [3.63, 3.8) is 0 Å². The van der Waals surface area contributed by atoms with Crippen LogP contribution < -0.4 is 0 Å². The van der Waals surface area contributed by atoms with Crippen LogP contribution in [0, 0.1) is 11.3 Å². The molecule has 2 fully saturated rings. The first-order valence-corrected chi connectivity index (χ1v) is 16.4. The minimum Gasteiger partial charge on any atom is -0.481 e. The second kappa shape index (κ2) is 16.8. The number of carboxylic acids is 1. The third-order valence-electron chi connectivity index (χ3n) is 8.51. The molecule has 2 saturated heterocycles. The monoisotopic (exact) mass is 514 g/mol. The molecule has 2 aliphatic heterocycles. The van der Waals surface area contributed by atoms with Gasteiger partial charge in [-0.15, -0.1) is 0 Å². The van der Waals surface area contributed by atoms with Crippen molar-refractivity contribution in [2.24, 2.45) is 11.3 Å². The molecule has 200 valence electrons. The molecule has 0 aromatic heterocycles. The minimum absolute atomic E-state index is 0.339. The number of rotatable bonds is 17. The SMILES string of the molecule is CCC(C)(CCCCC1CCCC(CCCC2CCCC(CCCCC(C)CO)S2)S1)C(=O)O. The lowest BCUT2D eigenvalue weighted by Crippen LogP contribution is -2.26. The fourth-order valence-electron chi connectivity index (χ4n) is 5.66. The molecular formula is C29H54O3S2. The van der Waals surface area contributed by atoms with E-state index >= 15 is 0 Å². The first kappa shape index (κ1) is 30.4. The summed E-state index contributed by atoms with van der Waals surface area (Å²) < 4.78 is 0. The smallest absolute Gasteiger partial charge is 0.309 e. The summed E-state index contributed by atoms with van der Waals surface area (Å²) in [6.45, 7) is 6.41. The lowest BCUT2D eigenvalue weighted by atomic mass is 9.82. The molecule has 5 heteroatoms. The van der Waals surface area contributed by atoms with Gasteiger partial charge < -0.3 is 10.2 Å². The van der Waals surface area contributed by atoms with Crippen molar-refractivity contribution in [1.29, 1.82) is 0 Å². The number of carboxylic acid groups (broad SMARTS) is 1. The summed E-state index contributed by atoms with van der Waals surface area (Å²) in [6, 6.07) is 0. The summed E-state index contributed by atoms with van der Waals surface area (Å²) >= 11 is 4.57. The van der Waals surface area contributed by atoms with Gasteiger partial charge in [-0.1, -0.05) is 58.8 Å². The van der Waals surface area contributed by atoms with Gasteiger partial charge in [-0.25, -0.2) is 0 Å². The predicted molar refractivity (Wildman–Crippen MR) is 151 cm³/mol. The van der Waals surface area contributed by atoms with E-state index in [4.69, 9.17) is 0 Å². The number of carbonyl (C=O) groups is 1. The molecular weight excluding hydrogens is 460 g/mol. The molecule has 3 nitrogen and oxygen atoms in total. The van der Waals surface area contributed by atoms with E-state index in [1.54, 1.807) is 0 Å². The molecule has 0 radical (unpaired) electrons. The van der Waals surface area contributed by atoms with Crippen molar-refractivity contribution < 1.29 is 15.0 Å². The number of hydrogen-bond donors (Lipinski definition) is 2. The lowest BCUT2D eigenvalue weighted by Gasteiger charge is -2.31. The molecule has 0 amide bonds. The van der Waals surface area contributed by atoms with Crippen LogP contribution in [0.3, 0.4) is 0 Å². The van der Waals surface area contributed by atoms with E-state index in [0.29, 0.717) is 12.5 Å². The van der Waals surface area contributed by atoms with Gasteiger partial charge in [0.1, 0.15) is 0 Å². The maximum Gasteiger partial charge on any atom is 0.309 e. The van der Waals surface area contributed by atoms with Crippen molar-refractivity contribution >= 4 is 29.5 Å². The Bertz CT molecular complexity index is 557. The van der Waals surface area contributed by atoms with Crippen LogP contribution in [0.5, 0.6) is 0 Å². The summed E-state index contributed by atoms with van der Waals surface area (Å²) in [5.74, 6) is -0.157. The number of aliphatic carboxylic acids is 1. The van der Waals surface area contributed by atoms with Gasteiger partial charge in [0.2, 0.25) is 0 Å². The Labute approximate surface area is 219 Å². The molecule has 0 aromatic rings. The molecule has 6 unspecified atom stereocenters. The average molecular weight is 515 g/mol. The molecule has 2 rings (SSSR count). The molecule has 0 spiro atoms. The van der Waals surface area contributed by atoms with Crippen LogP contribution in [-0.4, -0.2) is 43.8 Å². The van der Waals surface area contributed by atoms with Gasteiger partial charge in [0, 0.05) is 27.6 Å². The molecule has 2 aliphatic rings. The lowest BCUT2D eigenvalue weighted by molar-refractivity contribution is -0.148. The fraction of sp³-hybridized carbons (Fsp3) is 0.966. The topological polar surface area (TPSA) is 57.5 Å². The Morgan fingerprint density at radius 1 is 0.853 bits per heavy atom. The first-order chi connectivity index (χ1) is 16.4. The number of aliphatic hydroxyl groups excluding tert-OH is 1. The fourth-order valence-corrected chi connectivity index (χ4v) is 9.17. The van der Waals surface area contributed by atoms with Crippen LogP contribution in [-0.2, 0) is 4.79 Å². The number of hydrogen-bond acceptors (Lipinski definition) is 4. The zero-order chi connectivity index (χ0) is 24.8. The van der Waals surface area contributed by atoms with Gasteiger partial charge in [0.25, 0.3) is 0 Å². The number of aliphatic hydroxyl groups is 1. The normalized spacial score (nSPS) is 28.4. The number of thioether (sulfide) groups is 2. The zero-order valence-electron chi connectivity index (χ0n) is 22.4. The highest BCUT2D eigenvalue weighted by Crippen LogP contribution is 2.40. The van der Waals surface area contributed by atoms with E-state index in [1.165, 1.54) is 96.3 Å². The van der Waals surface area contributed by atoms with Gasteiger partial charge in [-0.05, 0) is 83.5 Å². The van der Waals surface area contributed by atoms with E-state index in [1.807, 2.05) is 13.8 Å². The molecule has 0 bridgehead atoms. The van der Waals surface area contributed by atoms with Gasteiger partial charge in [0.05, 0.1) is 5.41 Å². The van der Waals surface area contributed by atoms with E-state index in [2.05, 4.69) is 30.4 Å². The van der Waals surface area contributed by atoms with E-state index in [9.17, 15) is 15.0 Å². The van der Waals surface area contributed by atoms with Gasteiger partial charge >= 0.3 is 5.97 Å². The third kappa shape index (κ3) is 11.5. The Hall–Kier alpha value is 0.130. The highest BCUT2D eigenvalue weighted by Gasteiger charge is 2.30. The summed E-state index contributed by atoms with van der Waals surface area (Å²) in [6.07, 6.45) is 22.9. The predicted octanol–water partition coefficient (Wildman–Crippen LogP) is 8.72. The molecule has 0 saturated carbocycles. The van der Waals surface area contributed by atoms with Gasteiger partial charge in [-0.3, -0.25) is 4.79 Å². The molecule has 2 N–H and O–H groups in total. The Morgan fingerprint density at radius 2 is 1.32 bits per heavy atom. The quantitative estimate of drug-likeness (QED) is 0.190. The summed E-state index contributed by atoms with van der Waals surface area (Å²) in [5.41, 5.74) is -0.531. The second-order valence-corrected chi connectivity index (χ2v) is 14.8. The Balaban J connectivity index is 1.57. The molecule has 34 heavy (non-hydrogen) atoms. The van der Waals surface area contributed by atoms with Crippen LogP contribution in [0.1, 0.15) is 136 Å². The molecule has 0 aromatic carbocycles. The van der Waals surface area contributed by atoms with Crippen molar-refractivity contribution in [3.8, 4) is 0 Å². The van der Waals surface area contributed by atoms with Crippen LogP contribution in [0.2, 0.25) is 0 Å². The number of unbranched alkanes of at least 4 members (excludes halogenated alkanes) is 2. The summed E-state index contributed by atoms with van der Waals surface area (Å²) in [7, 11) is 0. The second-order valence-electron chi connectivity index (χ2n) is 11.6. The zero-order valence-corrected chi connectivity index (χ0v) is 24.1. The van der Waals surface area contributed by atoms with Crippen LogP contribution in [0.4, 0.5) is 0 Å². The maximum absolute atomic E-state index is 11.5. The van der Waals surface area contributed by atoms with Gasteiger partial charge in [-0.2, -0.15) is 23.5 Å². The van der Waals surface area contributed by atoms with Crippen LogP contribution >= 0.6 is 23.5 Å². The Morgan fingerprint density at radius 3 is 1.76 bits per heavy atom. The van der Waals surface area contributed by atoms with Gasteiger partial charge in [0.15, 0.2) is 0 Å². The molecule has 6 atom stereocenters. The summed E-state index contributed by atoms with van der Waals surface area (Å²) in [5, 5.41) is 22.1. The van der Waals surface area contributed by atoms with Crippen molar-refractivity contribution in [2.45, 2.75) is 157 Å². The van der Waals surface area contributed by atoms with Crippen molar-refractivity contribution in [2.75, 3.05) is 6.61 Å². The van der Waals surface area contributed by atoms with Crippen LogP contribution in [0.15, 0.2) is 0 Å². The maximum atomic E-state index is 11.5. The minimum atomic E-state index is -0.628. The molecule has 2 heterocycles.